The van der Waals surface area contributed by atoms with Gasteiger partial charge in [-0.2, -0.15) is 4.98 Å². The Bertz CT molecular complexity index is 705. The summed E-state index contributed by atoms with van der Waals surface area (Å²) in [5, 5.41) is 3.99. The fraction of sp³-hybridized carbons (Fsp3) is 0.0667. The fourth-order valence-corrected chi connectivity index (χ4v) is 2.12. The molecule has 3 rings (SSSR count). The second-order valence-corrected chi connectivity index (χ2v) is 5.35. The predicted molar refractivity (Wildman–Crippen MR) is 81.1 cm³/mol. The highest BCUT2D eigenvalue weighted by Gasteiger charge is 2.09. The van der Waals surface area contributed by atoms with Crippen LogP contribution in [0.3, 0.4) is 0 Å². The molecule has 2 N–H and O–H groups in total. The zero-order valence-electron chi connectivity index (χ0n) is 10.6. The largest absolute Gasteiger partial charge is 0.399 e. The minimum Gasteiger partial charge on any atom is -0.399 e. The quantitative estimate of drug-likeness (QED) is 0.744. The molecule has 0 unspecified atom stereocenters. The molecular formula is C15H12BrN3O. The Morgan fingerprint density at radius 2 is 1.70 bits per heavy atom. The van der Waals surface area contributed by atoms with Gasteiger partial charge in [-0.05, 0) is 42.0 Å². The van der Waals surface area contributed by atoms with Crippen LogP contribution in [0.2, 0.25) is 0 Å². The van der Waals surface area contributed by atoms with Crippen LogP contribution >= 0.6 is 15.9 Å². The van der Waals surface area contributed by atoms with Crippen LogP contribution in [0.15, 0.2) is 57.5 Å². The van der Waals surface area contributed by atoms with E-state index in [4.69, 9.17) is 10.3 Å². The summed E-state index contributed by atoms with van der Waals surface area (Å²) in [5.74, 6) is 1.18. The number of aromatic nitrogens is 2. The van der Waals surface area contributed by atoms with E-state index >= 15 is 0 Å². The molecule has 4 nitrogen and oxygen atoms in total. The first kappa shape index (κ1) is 12.9. The first-order valence-electron chi connectivity index (χ1n) is 6.14. The van der Waals surface area contributed by atoms with Gasteiger partial charge >= 0.3 is 0 Å². The standard InChI is InChI=1S/C15H12BrN3O/c16-12-5-1-10(2-6-12)9-14-18-15(19-20-14)11-3-7-13(17)8-4-11/h1-8H,9,17H2. The van der Waals surface area contributed by atoms with Gasteiger partial charge in [-0.3, -0.25) is 0 Å². The summed E-state index contributed by atoms with van der Waals surface area (Å²) in [4.78, 5) is 4.40. The third-order valence-electron chi connectivity index (χ3n) is 2.91. The average Bonchev–Trinajstić information content (AvgIpc) is 2.91. The normalized spacial score (nSPS) is 10.7. The Hall–Kier alpha value is -2.14. The third kappa shape index (κ3) is 2.88. The number of nitrogen functional groups attached to an aromatic ring is 1. The molecule has 0 aliphatic rings. The number of anilines is 1. The molecular weight excluding hydrogens is 318 g/mol. The summed E-state index contributed by atoms with van der Waals surface area (Å²) >= 11 is 3.41. The van der Waals surface area contributed by atoms with Crippen LogP contribution < -0.4 is 5.73 Å². The molecule has 0 saturated heterocycles. The summed E-state index contributed by atoms with van der Waals surface area (Å²) < 4.78 is 6.33. The predicted octanol–water partition coefficient (Wildman–Crippen LogP) is 3.67. The van der Waals surface area contributed by atoms with Crippen molar-refractivity contribution >= 4 is 21.6 Å². The number of hydrogen-bond acceptors (Lipinski definition) is 4. The van der Waals surface area contributed by atoms with Crippen LogP contribution in [0.4, 0.5) is 5.69 Å². The molecule has 1 aromatic heterocycles. The Labute approximate surface area is 124 Å². The molecule has 0 bridgehead atoms. The number of benzene rings is 2. The molecule has 5 heteroatoms. The molecule has 0 amide bonds. The topological polar surface area (TPSA) is 64.9 Å². The molecule has 100 valence electrons. The van der Waals surface area contributed by atoms with Gasteiger partial charge in [-0.1, -0.05) is 33.2 Å². The maximum absolute atomic E-state index is 5.66. The maximum atomic E-state index is 5.66. The highest BCUT2D eigenvalue weighted by molar-refractivity contribution is 9.10. The SMILES string of the molecule is Nc1ccc(-c2noc(Cc3ccc(Br)cc3)n2)cc1. The Morgan fingerprint density at radius 1 is 1.00 bits per heavy atom. The van der Waals surface area contributed by atoms with E-state index in [-0.39, 0.29) is 0 Å². The van der Waals surface area contributed by atoms with Crippen molar-refractivity contribution in [3.05, 3.63) is 64.5 Å². The number of rotatable bonds is 3. The number of hydrogen-bond donors (Lipinski definition) is 1. The highest BCUT2D eigenvalue weighted by atomic mass is 79.9. The minimum atomic E-state index is 0.581. The molecule has 0 aliphatic heterocycles. The van der Waals surface area contributed by atoms with Crippen LogP contribution in [0.5, 0.6) is 0 Å². The average molecular weight is 330 g/mol. The molecule has 0 spiro atoms. The van der Waals surface area contributed by atoms with Gasteiger partial charge in [-0.15, -0.1) is 0 Å². The van der Waals surface area contributed by atoms with Crippen molar-refractivity contribution in [2.75, 3.05) is 5.73 Å². The summed E-state index contributed by atoms with van der Waals surface area (Å²) in [6.07, 6.45) is 0.620. The second kappa shape index (κ2) is 5.46. The zero-order valence-corrected chi connectivity index (χ0v) is 12.2. The lowest BCUT2D eigenvalue weighted by Gasteiger charge is -1.96. The van der Waals surface area contributed by atoms with Gasteiger partial charge in [0, 0.05) is 15.7 Å². The van der Waals surface area contributed by atoms with Crippen molar-refractivity contribution in [2.45, 2.75) is 6.42 Å². The lowest BCUT2D eigenvalue weighted by Crippen LogP contribution is -1.88. The number of halogens is 1. The van der Waals surface area contributed by atoms with Crippen molar-refractivity contribution in [2.24, 2.45) is 0 Å². The van der Waals surface area contributed by atoms with Crippen LogP contribution in [0.1, 0.15) is 11.5 Å². The molecule has 1 heterocycles. The zero-order chi connectivity index (χ0) is 13.9. The van der Waals surface area contributed by atoms with Crippen molar-refractivity contribution < 1.29 is 4.52 Å². The van der Waals surface area contributed by atoms with Gasteiger partial charge in [0.05, 0.1) is 6.42 Å². The maximum Gasteiger partial charge on any atom is 0.231 e. The van der Waals surface area contributed by atoms with E-state index in [0.717, 1.165) is 15.6 Å². The summed E-state index contributed by atoms with van der Waals surface area (Å²) in [6, 6.07) is 15.4. The molecule has 0 saturated carbocycles. The molecule has 0 aliphatic carbocycles. The molecule has 0 atom stereocenters. The fourth-order valence-electron chi connectivity index (χ4n) is 1.85. The van der Waals surface area contributed by atoms with Crippen LogP contribution in [0.25, 0.3) is 11.4 Å². The second-order valence-electron chi connectivity index (χ2n) is 4.44. The van der Waals surface area contributed by atoms with Gasteiger partial charge < -0.3 is 10.3 Å². The van der Waals surface area contributed by atoms with Crippen molar-refractivity contribution in [3.8, 4) is 11.4 Å². The van der Waals surface area contributed by atoms with Gasteiger partial charge in [0.1, 0.15) is 0 Å². The van der Waals surface area contributed by atoms with Gasteiger partial charge in [0.25, 0.3) is 0 Å². The number of nitrogens with two attached hydrogens (primary N) is 1. The first-order valence-corrected chi connectivity index (χ1v) is 6.93. The lowest BCUT2D eigenvalue weighted by atomic mass is 10.1. The Balaban J connectivity index is 1.80. The van der Waals surface area contributed by atoms with E-state index in [9.17, 15) is 0 Å². The van der Waals surface area contributed by atoms with E-state index in [1.54, 1.807) is 0 Å². The van der Waals surface area contributed by atoms with Gasteiger partial charge in [-0.25, -0.2) is 0 Å². The smallest absolute Gasteiger partial charge is 0.231 e. The first-order chi connectivity index (χ1) is 9.70. The van der Waals surface area contributed by atoms with E-state index in [1.807, 2.05) is 48.5 Å². The molecule has 0 fully saturated rings. The molecule has 0 radical (unpaired) electrons. The Morgan fingerprint density at radius 3 is 2.40 bits per heavy atom. The van der Waals surface area contributed by atoms with Gasteiger partial charge in [0.15, 0.2) is 0 Å². The van der Waals surface area contributed by atoms with E-state index < -0.39 is 0 Å². The van der Waals surface area contributed by atoms with Crippen LogP contribution in [0, 0.1) is 0 Å². The van der Waals surface area contributed by atoms with Crippen molar-refractivity contribution in [3.63, 3.8) is 0 Å². The highest BCUT2D eigenvalue weighted by Crippen LogP contribution is 2.19. The molecule has 3 aromatic rings. The Kier molecular flexibility index (Phi) is 3.52. The minimum absolute atomic E-state index is 0.581. The summed E-state index contributed by atoms with van der Waals surface area (Å²) in [7, 11) is 0. The van der Waals surface area contributed by atoms with E-state index in [0.29, 0.717) is 23.8 Å². The van der Waals surface area contributed by atoms with Crippen LogP contribution in [-0.4, -0.2) is 10.1 Å². The van der Waals surface area contributed by atoms with Gasteiger partial charge in [0.2, 0.25) is 11.7 Å². The lowest BCUT2D eigenvalue weighted by molar-refractivity contribution is 0.385. The van der Waals surface area contributed by atoms with Crippen LogP contribution in [-0.2, 0) is 6.42 Å². The van der Waals surface area contributed by atoms with E-state index in [1.165, 1.54) is 0 Å². The molecule has 2 aromatic carbocycles. The van der Waals surface area contributed by atoms with E-state index in [2.05, 4.69) is 26.1 Å². The summed E-state index contributed by atoms with van der Waals surface area (Å²) in [5.41, 5.74) is 8.39. The summed E-state index contributed by atoms with van der Waals surface area (Å²) in [6.45, 7) is 0. The monoisotopic (exact) mass is 329 g/mol. The van der Waals surface area contributed by atoms with Crippen molar-refractivity contribution in [1.29, 1.82) is 0 Å². The molecule has 20 heavy (non-hydrogen) atoms. The van der Waals surface area contributed by atoms with Crippen molar-refractivity contribution in [1.82, 2.24) is 10.1 Å². The third-order valence-corrected chi connectivity index (χ3v) is 3.43. The number of nitrogens with zero attached hydrogens (tertiary/aromatic N) is 2.